The fraction of sp³-hybridized carbons (Fsp3) is 0. The molecule has 1 aromatic carbocycles. The van der Waals surface area contributed by atoms with E-state index in [2.05, 4.69) is 26.2 Å². The molecule has 21 heavy (non-hydrogen) atoms. The van der Waals surface area contributed by atoms with E-state index in [9.17, 15) is 9.59 Å². The smallest absolute Gasteiger partial charge is 0.335 e. The van der Waals surface area contributed by atoms with E-state index in [4.69, 9.17) is 10.4 Å². The molecule has 0 atom stereocenters. The molecule has 0 radical (unpaired) electrons. The first-order valence-corrected chi connectivity index (χ1v) is 6.51. The van der Waals surface area contributed by atoms with Gasteiger partial charge in [0.15, 0.2) is 0 Å². The second kappa shape index (κ2) is 6.15. The Hall–Kier alpha value is -2.72. The van der Waals surface area contributed by atoms with Crippen molar-refractivity contribution in [3.8, 4) is 6.07 Å². The number of carbonyl (C=O) groups is 2. The van der Waals surface area contributed by atoms with Gasteiger partial charge in [0.25, 0.3) is 5.91 Å². The molecular weight excluding hydrogens is 338 g/mol. The Kier molecular flexibility index (Phi) is 4.30. The lowest BCUT2D eigenvalue weighted by atomic mass is 10.2. The summed E-state index contributed by atoms with van der Waals surface area (Å²) >= 11 is 3.20. The number of halogens is 1. The molecule has 0 unspecified atom stereocenters. The van der Waals surface area contributed by atoms with Crippen LogP contribution in [0.1, 0.15) is 26.4 Å². The van der Waals surface area contributed by atoms with Crippen molar-refractivity contribution in [1.82, 2.24) is 4.98 Å². The topological polar surface area (TPSA) is 103 Å². The van der Waals surface area contributed by atoms with Gasteiger partial charge in [0, 0.05) is 10.7 Å². The fourth-order valence-corrected chi connectivity index (χ4v) is 2.01. The summed E-state index contributed by atoms with van der Waals surface area (Å²) in [6, 6.07) is 9.10. The van der Waals surface area contributed by atoms with E-state index in [0.717, 1.165) is 0 Å². The normalized spacial score (nSPS) is 9.71. The summed E-state index contributed by atoms with van der Waals surface area (Å²) in [5.41, 5.74) is 1.05. The number of benzene rings is 1. The Balaban J connectivity index is 2.19. The summed E-state index contributed by atoms with van der Waals surface area (Å²) in [5, 5.41) is 20.1. The molecule has 6 nitrogen and oxygen atoms in total. The van der Waals surface area contributed by atoms with E-state index < -0.39 is 11.9 Å². The highest BCUT2D eigenvalue weighted by Crippen LogP contribution is 2.24. The molecule has 7 heteroatoms. The molecule has 2 N–H and O–H groups in total. The third kappa shape index (κ3) is 3.43. The lowest BCUT2D eigenvalue weighted by Gasteiger charge is -2.07. The van der Waals surface area contributed by atoms with E-state index >= 15 is 0 Å². The minimum absolute atomic E-state index is 0.108. The molecule has 0 aliphatic heterocycles. The molecular formula is C14H8BrN3O3. The number of carboxylic acid groups (broad SMARTS) is 1. The van der Waals surface area contributed by atoms with Crippen LogP contribution in [0.2, 0.25) is 0 Å². The van der Waals surface area contributed by atoms with Crippen molar-refractivity contribution in [1.29, 1.82) is 5.26 Å². The summed E-state index contributed by atoms with van der Waals surface area (Å²) < 4.78 is 0.449. The number of carbonyl (C=O) groups excluding carboxylic acids is 1. The van der Waals surface area contributed by atoms with Gasteiger partial charge in [0.1, 0.15) is 11.8 Å². The van der Waals surface area contributed by atoms with Crippen molar-refractivity contribution in [3.05, 3.63) is 57.8 Å². The third-order valence-electron chi connectivity index (χ3n) is 2.59. The van der Waals surface area contributed by atoms with Crippen LogP contribution in [-0.4, -0.2) is 22.0 Å². The summed E-state index contributed by atoms with van der Waals surface area (Å²) in [6.07, 6.45) is 1.30. The average Bonchev–Trinajstić information content (AvgIpc) is 2.49. The van der Waals surface area contributed by atoms with Gasteiger partial charge < -0.3 is 10.4 Å². The molecule has 1 aromatic heterocycles. The molecule has 0 aliphatic carbocycles. The largest absolute Gasteiger partial charge is 0.478 e. The van der Waals surface area contributed by atoms with E-state index in [1.807, 2.05) is 6.07 Å². The number of amides is 1. The molecule has 0 spiro atoms. The van der Waals surface area contributed by atoms with Crippen LogP contribution in [0.4, 0.5) is 5.69 Å². The third-order valence-corrected chi connectivity index (χ3v) is 3.25. The van der Waals surface area contributed by atoms with Crippen LogP contribution in [-0.2, 0) is 0 Å². The van der Waals surface area contributed by atoms with Crippen LogP contribution >= 0.6 is 15.9 Å². The molecule has 104 valence electrons. The monoisotopic (exact) mass is 345 g/mol. The van der Waals surface area contributed by atoms with Crippen LogP contribution in [0.5, 0.6) is 0 Å². The van der Waals surface area contributed by atoms with E-state index in [0.29, 0.717) is 15.7 Å². The van der Waals surface area contributed by atoms with Crippen molar-refractivity contribution in [2.75, 3.05) is 5.32 Å². The average molecular weight is 346 g/mol. The minimum Gasteiger partial charge on any atom is -0.478 e. The maximum Gasteiger partial charge on any atom is 0.335 e. The Morgan fingerprint density at radius 1 is 1.29 bits per heavy atom. The van der Waals surface area contributed by atoms with Gasteiger partial charge >= 0.3 is 5.97 Å². The number of hydrogen-bond acceptors (Lipinski definition) is 4. The second-order valence-electron chi connectivity index (χ2n) is 4.00. The number of nitriles is 1. The summed E-state index contributed by atoms with van der Waals surface area (Å²) in [6.45, 7) is 0. The second-order valence-corrected chi connectivity index (χ2v) is 4.85. The summed E-state index contributed by atoms with van der Waals surface area (Å²) in [7, 11) is 0. The highest BCUT2D eigenvalue weighted by atomic mass is 79.9. The number of nitrogens with one attached hydrogen (secondary N) is 1. The Labute approximate surface area is 128 Å². The Bertz CT molecular complexity index is 751. The number of anilines is 1. The van der Waals surface area contributed by atoms with Crippen molar-refractivity contribution in [2.45, 2.75) is 0 Å². The van der Waals surface area contributed by atoms with Crippen molar-refractivity contribution >= 4 is 33.5 Å². The lowest BCUT2D eigenvalue weighted by molar-refractivity contribution is 0.0696. The Morgan fingerprint density at radius 3 is 2.57 bits per heavy atom. The summed E-state index contributed by atoms with van der Waals surface area (Å²) in [5.74, 6) is -1.51. The van der Waals surface area contributed by atoms with Gasteiger partial charge in [0.05, 0.1) is 16.8 Å². The molecule has 2 rings (SSSR count). The number of aromatic nitrogens is 1. The first-order chi connectivity index (χ1) is 10.0. The standard InChI is InChI=1S/C14H8BrN3O3/c15-10-5-9(14(20)21)2-4-11(10)18-13(19)12-3-1-8(6-16)7-17-12/h1-5,7H,(H,18,19)(H,20,21). The number of pyridine rings is 1. The molecule has 1 heterocycles. The van der Waals surface area contributed by atoms with Gasteiger partial charge in [-0.15, -0.1) is 0 Å². The maximum absolute atomic E-state index is 12.0. The maximum atomic E-state index is 12.0. The number of hydrogen-bond donors (Lipinski definition) is 2. The fourth-order valence-electron chi connectivity index (χ4n) is 1.53. The lowest BCUT2D eigenvalue weighted by Crippen LogP contribution is -2.14. The van der Waals surface area contributed by atoms with E-state index in [1.54, 1.807) is 0 Å². The highest BCUT2D eigenvalue weighted by Gasteiger charge is 2.11. The van der Waals surface area contributed by atoms with Crippen molar-refractivity contribution in [3.63, 3.8) is 0 Å². The molecule has 0 saturated heterocycles. The quantitative estimate of drug-likeness (QED) is 0.889. The predicted molar refractivity (Wildman–Crippen MR) is 78.0 cm³/mol. The van der Waals surface area contributed by atoms with Gasteiger partial charge in [-0.3, -0.25) is 4.79 Å². The van der Waals surface area contributed by atoms with Gasteiger partial charge in [-0.2, -0.15) is 5.26 Å². The number of nitrogens with zero attached hydrogens (tertiary/aromatic N) is 2. The number of rotatable bonds is 3. The number of aromatic carboxylic acids is 1. The van der Waals surface area contributed by atoms with Gasteiger partial charge in [-0.1, -0.05) is 0 Å². The van der Waals surface area contributed by atoms with Crippen molar-refractivity contribution < 1.29 is 14.7 Å². The van der Waals surface area contributed by atoms with E-state index in [1.165, 1.54) is 36.5 Å². The van der Waals surface area contributed by atoms with E-state index in [-0.39, 0.29) is 11.3 Å². The highest BCUT2D eigenvalue weighted by molar-refractivity contribution is 9.10. The zero-order valence-corrected chi connectivity index (χ0v) is 12.1. The molecule has 0 fully saturated rings. The van der Waals surface area contributed by atoms with Crippen LogP contribution < -0.4 is 5.32 Å². The molecule has 0 bridgehead atoms. The van der Waals surface area contributed by atoms with Crippen LogP contribution in [0, 0.1) is 11.3 Å². The van der Waals surface area contributed by atoms with Crippen LogP contribution in [0.15, 0.2) is 41.0 Å². The predicted octanol–water partition coefficient (Wildman–Crippen LogP) is 2.67. The first-order valence-electron chi connectivity index (χ1n) is 5.71. The van der Waals surface area contributed by atoms with Crippen molar-refractivity contribution in [2.24, 2.45) is 0 Å². The molecule has 0 aliphatic rings. The molecule has 1 amide bonds. The molecule has 0 saturated carbocycles. The van der Waals surface area contributed by atoms with Gasteiger partial charge in [0.2, 0.25) is 0 Å². The van der Waals surface area contributed by atoms with Crippen LogP contribution in [0.25, 0.3) is 0 Å². The molecule has 2 aromatic rings. The SMILES string of the molecule is N#Cc1ccc(C(=O)Nc2ccc(C(=O)O)cc2Br)nc1. The van der Waals surface area contributed by atoms with Gasteiger partial charge in [-0.25, -0.2) is 9.78 Å². The van der Waals surface area contributed by atoms with Gasteiger partial charge in [-0.05, 0) is 46.3 Å². The zero-order valence-electron chi connectivity index (χ0n) is 10.5. The Morgan fingerprint density at radius 2 is 2.05 bits per heavy atom. The first kappa shape index (κ1) is 14.7. The summed E-state index contributed by atoms with van der Waals surface area (Å²) in [4.78, 5) is 26.7. The number of carboxylic acids is 1. The van der Waals surface area contributed by atoms with Crippen LogP contribution in [0.3, 0.4) is 0 Å². The minimum atomic E-state index is -1.05. The zero-order chi connectivity index (χ0) is 15.4.